The van der Waals surface area contributed by atoms with Crippen molar-refractivity contribution in [1.82, 2.24) is 14.8 Å². The fourth-order valence-electron chi connectivity index (χ4n) is 3.14. The maximum absolute atomic E-state index is 12.5. The molecule has 0 spiro atoms. The molecule has 4 aromatic rings. The predicted octanol–water partition coefficient (Wildman–Crippen LogP) is 6.88. The highest BCUT2D eigenvalue weighted by Crippen LogP contribution is 2.27. The number of carbonyl (C=O) groups is 1. The third-order valence-corrected chi connectivity index (χ3v) is 6.71. The largest absolute Gasteiger partial charge is 0.378 e. The van der Waals surface area contributed by atoms with Gasteiger partial charge in [-0.2, -0.15) is 0 Å². The molecule has 6 nitrogen and oxygen atoms in total. The standard InChI is InChI=1S/C24H20Cl3N5OS/c1-15-5-7-17(8-6-15)28-13-22-30-31-24(32(22)19-4-2-3-16(25)11-19)34-14-23(33)29-18-9-10-20(26)21(27)12-18/h2-12,28H,13-14H2,1H3,(H,29,33). The van der Waals surface area contributed by atoms with Gasteiger partial charge in [-0.05, 0) is 55.5 Å². The van der Waals surface area contributed by atoms with E-state index in [0.29, 0.717) is 38.3 Å². The van der Waals surface area contributed by atoms with Gasteiger partial charge in [0.05, 0.1) is 28.0 Å². The molecule has 1 aromatic heterocycles. The van der Waals surface area contributed by atoms with Gasteiger partial charge in [-0.1, -0.05) is 70.3 Å². The van der Waals surface area contributed by atoms with Crippen LogP contribution in [-0.2, 0) is 11.3 Å². The summed E-state index contributed by atoms with van der Waals surface area (Å²) in [5.41, 5.74) is 3.54. The summed E-state index contributed by atoms with van der Waals surface area (Å²) in [7, 11) is 0. The van der Waals surface area contributed by atoms with Crippen molar-refractivity contribution in [3.05, 3.63) is 93.2 Å². The average Bonchev–Trinajstić information content (AvgIpc) is 3.22. The Morgan fingerprint density at radius 2 is 1.71 bits per heavy atom. The summed E-state index contributed by atoms with van der Waals surface area (Å²) < 4.78 is 1.89. The maximum Gasteiger partial charge on any atom is 0.234 e. The van der Waals surface area contributed by atoms with E-state index in [1.165, 1.54) is 17.3 Å². The second-order valence-electron chi connectivity index (χ2n) is 7.40. The smallest absolute Gasteiger partial charge is 0.234 e. The second kappa shape index (κ2) is 11.1. The van der Waals surface area contributed by atoms with Crippen molar-refractivity contribution in [3.8, 4) is 5.69 Å². The first-order valence-electron chi connectivity index (χ1n) is 10.3. The number of anilines is 2. The Hall–Kier alpha value is -2.71. The predicted molar refractivity (Wildman–Crippen MR) is 141 cm³/mol. The molecule has 0 fully saturated rings. The molecule has 0 aliphatic rings. The summed E-state index contributed by atoms with van der Waals surface area (Å²) >= 11 is 19.5. The van der Waals surface area contributed by atoms with Crippen LogP contribution in [0.25, 0.3) is 5.69 Å². The molecule has 0 saturated carbocycles. The number of amides is 1. The summed E-state index contributed by atoms with van der Waals surface area (Å²) in [5.74, 6) is 0.614. The van der Waals surface area contributed by atoms with Gasteiger partial charge in [0.1, 0.15) is 0 Å². The Balaban J connectivity index is 1.51. The number of hydrogen-bond acceptors (Lipinski definition) is 5. The molecular formula is C24H20Cl3N5OS. The summed E-state index contributed by atoms with van der Waals surface area (Å²) in [6, 6.07) is 20.5. The van der Waals surface area contributed by atoms with E-state index in [9.17, 15) is 4.79 Å². The number of nitrogens with one attached hydrogen (secondary N) is 2. The monoisotopic (exact) mass is 531 g/mol. The molecule has 0 unspecified atom stereocenters. The van der Waals surface area contributed by atoms with E-state index in [-0.39, 0.29) is 11.7 Å². The van der Waals surface area contributed by atoms with E-state index in [2.05, 4.69) is 20.8 Å². The van der Waals surface area contributed by atoms with Crippen LogP contribution >= 0.6 is 46.6 Å². The lowest BCUT2D eigenvalue weighted by Gasteiger charge is -2.12. The Labute approximate surface area is 216 Å². The van der Waals surface area contributed by atoms with Crippen LogP contribution in [0.2, 0.25) is 15.1 Å². The zero-order chi connectivity index (χ0) is 24.1. The summed E-state index contributed by atoms with van der Waals surface area (Å²) in [6.45, 7) is 2.49. The van der Waals surface area contributed by atoms with Gasteiger partial charge in [0, 0.05) is 16.4 Å². The van der Waals surface area contributed by atoms with Crippen LogP contribution in [0.3, 0.4) is 0 Å². The van der Waals surface area contributed by atoms with Crippen molar-refractivity contribution >= 4 is 63.8 Å². The van der Waals surface area contributed by atoms with Gasteiger partial charge < -0.3 is 10.6 Å². The number of aromatic nitrogens is 3. The zero-order valence-electron chi connectivity index (χ0n) is 18.1. The van der Waals surface area contributed by atoms with Crippen molar-refractivity contribution in [2.45, 2.75) is 18.6 Å². The Morgan fingerprint density at radius 1 is 0.941 bits per heavy atom. The van der Waals surface area contributed by atoms with Crippen molar-refractivity contribution < 1.29 is 4.79 Å². The molecule has 34 heavy (non-hydrogen) atoms. The maximum atomic E-state index is 12.5. The minimum atomic E-state index is -0.205. The van der Waals surface area contributed by atoms with Crippen molar-refractivity contribution in [1.29, 1.82) is 0 Å². The number of benzene rings is 3. The van der Waals surface area contributed by atoms with Gasteiger partial charge in [-0.3, -0.25) is 9.36 Å². The third-order valence-electron chi connectivity index (χ3n) is 4.80. The first kappa shape index (κ1) is 24.4. The normalized spacial score (nSPS) is 10.8. The molecule has 4 rings (SSSR count). The van der Waals surface area contributed by atoms with Crippen LogP contribution in [0.5, 0.6) is 0 Å². The van der Waals surface area contributed by atoms with E-state index in [1.54, 1.807) is 24.3 Å². The molecule has 0 radical (unpaired) electrons. The van der Waals surface area contributed by atoms with Crippen molar-refractivity contribution in [3.63, 3.8) is 0 Å². The SMILES string of the molecule is Cc1ccc(NCc2nnc(SCC(=O)Nc3ccc(Cl)c(Cl)c3)n2-c2cccc(Cl)c2)cc1. The lowest BCUT2D eigenvalue weighted by atomic mass is 10.2. The highest BCUT2D eigenvalue weighted by Gasteiger charge is 2.16. The highest BCUT2D eigenvalue weighted by molar-refractivity contribution is 7.99. The quantitative estimate of drug-likeness (QED) is 0.242. The van der Waals surface area contributed by atoms with Crippen molar-refractivity contribution in [2.24, 2.45) is 0 Å². The molecule has 174 valence electrons. The van der Waals surface area contributed by atoms with Crippen LogP contribution in [0.4, 0.5) is 11.4 Å². The third kappa shape index (κ3) is 6.24. The van der Waals surface area contributed by atoms with Crippen molar-refractivity contribution in [2.75, 3.05) is 16.4 Å². The van der Waals surface area contributed by atoms with E-state index in [1.807, 2.05) is 54.0 Å². The molecule has 1 amide bonds. The zero-order valence-corrected chi connectivity index (χ0v) is 21.1. The molecule has 10 heteroatoms. The Morgan fingerprint density at radius 3 is 2.44 bits per heavy atom. The van der Waals surface area contributed by atoms with Crippen LogP contribution < -0.4 is 10.6 Å². The van der Waals surface area contributed by atoms with E-state index < -0.39 is 0 Å². The summed E-state index contributed by atoms with van der Waals surface area (Å²) in [6.07, 6.45) is 0. The molecule has 0 aliphatic carbocycles. The average molecular weight is 533 g/mol. The molecule has 1 heterocycles. The molecule has 0 saturated heterocycles. The molecule has 2 N–H and O–H groups in total. The number of halogens is 3. The highest BCUT2D eigenvalue weighted by atomic mass is 35.5. The topological polar surface area (TPSA) is 71.8 Å². The van der Waals surface area contributed by atoms with E-state index in [0.717, 1.165) is 11.4 Å². The molecule has 0 bridgehead atoms. The number of aryl methyl sites for hydroxylation is 1. The molecule has 0 atom stereocenters. The number of thioether (sulfide) groups is 1. The first-order valence-corrected chi connectivity index (χ1v) is 12.4. The van der Waals surface area contributed by atoms with Gasteiger partial charge in [-0.25, -0.2) is 0 Å². The lowest BCUT2D eigenvalue weighted by Crippen LogP contribution is -2.15. The Bertz CT molecular complexity index is 1310. The molecule has 3 aromatic carbocycles. The fourth-order valence-corrected chi connectivity index (χ4v) is 4.39. The number of carbonyl (C=O) groups excluding carboxylic acids is 1. The summed E-state index contributed by atoms with van der Waals surface area (Å²) in [5, 5.41) is 16.8. The van der Waals surface area contributed by atoms with Gasteiger partial charge in [0.2, 0.25) is 5.91 Å². The lowest BCUT2D eigenvalue weighted by molar-refractivity contribution is -0.113. The second-order valence-corrected chi connectivity index (χ2v) is 9.59. The van der Waals surface area contributed by atoms with E-state index >= 15 is 0 Å². The summed E-state index contributed by atoms with van der Waals surface area (Å²) in [4.78, 5) is 12.5. The molecule has 0 aliphatic heterocycles. The number of rotatable bonds is 8. The Kier molecular flexibility index (Phi) is 8.00. The van der Waals surface area contributed by atoms with Gasteiger partial charge in [0.15, 0.2) is 11.0 Å². The van der Waals surface area contributed by atoms with Gasteiger partial charge >= 0.3 is 0 Å². The van der Waals surface area contributed by atoms with Crippen LogP contribution in [0, 0.1) is 6.92 Å². The first-order chi connectivity index (χ1) is 16.4. The molecular weight excluding hydrogens is 513 g/mol. The van der Waals surface area contributed by atoms with Gasteiger partial charge in [-0.15, -0.1) is 10.2 Å². The van der Waals surface area contributed by atoms with Crippen LogP contribution in [0.1, 0.15) is 11.4 Å². The minimum Gasteiger partial charge on any atom is -0.378 e. The van der Waals surface area contributed by atoms with Crippen LogP contribution in [0.15, 0.2) is 71.9 Å². The fraction of sp³-hybridized carbons (Fsp3) is 0.125. The number of hydrogen-bond donors (Lipinski definition) is 2. The van der Waals surface area contributed by atoms with Gasteiger partial charge in [0.25, 0.3) is 0 Å². The number of nitrogens with zero attached hydrogens (tertiary/aromatic N) is 3. The minimum absolute atomic E-state index is 0.129. The van der Waals surface area contributed by atoms with E-state index in [4.69, 9.17) is 34.8 Å². The van der Waals surface area contributed by atoms with Crippen LogP contribution in [-0.4, -0.2) is 26.4 Å².